The number of pyridine rings is 1. The lowest BCUT2D eigenvalue weighted by atomic mass is 10.1. The summed E-state index contributed by atoms with van der Waals surface area (Å²) in [7, 11) is 1.63. The molecule has 1 aromatic carbocycles. The highest BCUT2D eigenvalue weighted by Gasteiger charge is 2.31. The number of aryl methyl sites for hydroxylation is 3. The lowest BCUT2D eigenvalue weighted by molar-refractivity contribution is -0.131. The second-order valence-electron chi connectivity index (χ2n) is 8.29. The van der Waals surface area contributed by atoms with E-state index < -0.39 is 0 Å². The van der Waals surface area contributed by atoms with Gasteiger partial charge in [-0.2, -0.15) is 0 Å². The van der Waals surface area contributed by atoms with Crippen LogP contribution in [0, 0.1) is 20.8 Å². The molecule has 7 heteroatoms. The van der Waals surface area contributed by atoms with Crippen LogP contribution in [-0.4, -0.2) is 39.4 Å². The van der Waals surface area contributed by atoms with Gasteiger partial charge in [-0.1, -0.05) is 12.1 Å². The molecule has 1 saturated heterocycles. The number of rotatable bonds is 6. The number of nitrogens with zero attached hydrogens (tertiary/aromatic N) is 4. The van der Waals surface area contributed by atoms with E-state index in [2.05, 4.69) is 15.3 Å². The van der Waals surface area contributed by atoms with Gasteiger partial charge in [0.1, 0.15) is 5.75 Å². The van der Waals surface area contributed by atoms with Gasteiger partial charge in [0.05, 0.1) is 25.3 Å². The van der Waals surface area contributed by atoms with E-state index in [1.807, 2.05) is 68.1 Å². The molecule has 3 heterocycles. The number of benzene rings is 1. The zero-order valence-corrected chi connectivity index (χ0v) is 19.1. The molecule has 1 fully saturated rings. The maximum atomic E-state index is 13.2. The SMILES string of the molecule is COc1cccc(CC(=O)N2CCC[C@@H]2c2cc(Nc3nc(C)cc(C)n3)cc(C)n2)c1. The third kappa shape index (κ3) is 5.04. The summed E-state index contributed by atoms with van der Waals surface area (Å²) in [6.45, 7) is 6.61. The number of anilines is 2. The maximum Gasteiger partial charge on any atom is 0.227 e. The van der Waals surface area contributed by atoms with Crippen LogP contribution >= 0.6 is 0 Å². The van der Waals surface area contributed by atoms with Crippen molar-refractivity contribution in [2.45, 2.75) is 46.1 Å². The third-order valence-electron chi connectivity index (χ3n) is 5.62. The van der Waals surface area contributed by atoms with Crippen LogP contribution in [0.5, 0.6) is 5.75 Å². The van der Waals surface area contributed by atoms with E-state index in [4.69, 9.17) is 9.72 Å². The summed E-state index contributed by atoms with van der Waals surface area (Å²) in [6.07, 6.45) is 2.22. The molecule has 32 heavy (non-hydrogen) atoms. The minimum Gasteiger partial charge on any atom is -0.497 e. The van der Waals surface area contributed by atoms with Gasteiger partial charge in [-0.05, 0) is 69.5 Å². The van der Waals surface area contributed by atoms with Crippen molar-refractivity contribution < 1.29 is 9.53 Å². The lowest BCUT2D eigenvalue weighted by Crippen LogP contribution is -2.32. The normalized spacial score (nSPS) is 15.6. The molecule has 2 aromatic heterocycles. The molecule has 7 nitrogen and oxygen atoms in total. The molecule has 0 spiro atoms. The molecular weight excluding hydrogens is 402 g/mol. The number of hydrogen-bond donors (Lipinski definition) is 1. The Kier molecular flexibility index (Phi) is 6.35. The minimum absolute atomic E-state index is 0.0336. The van der Waals surface area contributed by atoms with Gasteiger partial charge < -0.3 is 15.0 Å². The smallest absolute Gasteiger partial charge is 0.227 e. The van der Waals surface area contributed by atoms with Gasteiger partial charge in [0, 0.05) is 29.3 Å². The Morgan fingerprint density at radius 2 is 1.81 bits per heavy atom. The number of ether oxygens (including phenoxy) is 1. The molecule has 0 bridgehead atoms. The van der Waals surface area contributed by atoms with E-state index in [0.29, 0.717) is 12.4 Å². The van der Waals surface area contributed by atoms with E-state index in [9.17, 15) is 4.79 Å². The standard InChI is InChI=1S/C25H29N5O2/c1-16-11-17(2)28-25(27-16)29-20-12-18(3)26-22(15-20)23-9-6-10-30(23)24(31)14-19-7-5-8-21(13-19)32-4/h5,7-8,11-13,15,23H,6,9-10,14H2,1-4H3,(H,26,27,28,29)/t23-/m1/s1. The summed E-state index contributed by atoms with van der Waals surface area (Å²) in [5, 5.41) is 3.31. The number of carbonyl (C=O) groups excluding carboxylic acids is 1. The Balaban J connectivity index is 1.54. The van der Waals surface area contributed by atoms with E-state index in [-0.39, 0.29) is 11.9 Å². The zero-order valence-electron chi connectivity index (χ0n) is 19.1. The monoisotopic (exact) mass is 431 g/mol. The Morgan fingerprint density at radius 3 is 2.56 bits per heavy atom. The minimum atomic E-state index is -0.0336. The van der Waals surface area contributed by atoms with Gasteiger partial charge in [-0.3, -0.25) is 9.78 Å². The first kappa shape index (κ1) is 21.7. The molecule has 0 unspecified atom stereocenters. The van der Waals surface area contributed by atoms with Crippen molar-refractivity contribution in [3.63, 3.8) is 0 Å². The number of carbonyl (C=O) groups is 1. The first-order valence-electron chi connectivity index (χ1n) is 10.9. The highest BCUT2D eigenvalue weighted by atomic mass is 16.5. The first-order chi connectivity index (χ1) is 15.4. The number of amides is 1. The summed E-state index contributed by atoms with van der Waals surface area (Å²) >= 11 is 0. The van der Waals surface area contributed by atoms with Crippen molar-refractivity contribution in [2.75, 3.05) is 19.0 Å². The molecular formula is C25H29N5O2. The average Bonchev–Trinajstić information content (AvgIpc) is 3.23. The quantitative estimate of drug-likeness (QED) is 0.621. The zero-order chi connectivity index (χ0) is 22.7. The Hall–Kier alpha value is -3.48. The summed E-state index contributed by atoms with van der Waals surface area (Å²) in [5.74, 6) is 1.44. The molecule has 1 amide bonds. The molecule has 0 radical (unpaired) electrons. The lowest BCUT2D eigenvalue weighted by Gasteiger charge is -2.25. The Bertz CT molecular complexity index is 1110. The van der Waals surface area contributed by atoms with Gasteiger partial charge in [0.15, 0.2) is 0 Å². The van der Waals surface area contributed by atoms with E-state index in [1.54, 1.807) is 7.11 Å². The maximum absolute atomic E-state index is 13.2. The second-order valence-corrected chi connectivity index (χ2v) is 8.29. The highest BCUT2D eigenvalue weighted by Crippen LogP contribution is 2.33. The fraction of sp³-hybridized carbons (Fsp3) is 0.360. The van der Waals surface area contributed by atoms with Gasteiger partial charge in [0.25, 0.3) is 0 Å². The van der Waals surface area contributed by atoms with Crippen molar-refractivity contribution >= 4 is 17.5 Å². The van der Waals surface area contributed by atoms with Gasteiger partial charge >= 0.3 is 0 Å². The highest BCUT2D eigenvalue weighted by molar-refractivity contribution is 5.79. The topological polar surface area (TPSA) is 80.2 Å². The predicted molar refractivity (Wildman–Crippen MR) is 124 cm³/mol. The van der Waals surface area contributed by atoms with Gasteiger partial charge in [0.2, 0.25) is 11.9 Å². The molecule has 3 aromatic rings. The van der Waals surface area contributed by atoms with Crippen LogP contribution in [0.25, 0.3) is 0 Å². The Labute approximate surface area is 188 Å². The first-order valence-corrected chi connectivity index (χ1v) is 10.9. The van der Waals surface area contributed by atoms with Crippen molar-refractivity contribution in [3.05, 3.63) is 70.8 Å². The average molecular weight is 432 g/mol. The molecule has 1 atom stereocenters. The van der Waals surface area contributed by atoms with Crippen LogP contribution in [0.15, 0.2) is 42.5 Å². The predicted octanol–water partition coefficient (Wildman–Crippen LogP) is 4.46. The molecule has 1 N–H and O–H groups in total. The van der Waals surface area contributed by atoms with Crippen LogP contribution in [0.3, 0.4) is 0 Å². The molecule has 0 aliphatic carbocycles. The van der Waals surface area contributed by atoms with Crippen molar-refractivity contribution in [1.29, 1.82) is 0 Å². The fourth-order valence-electron chi connectivity index (χ4n) is 4.28. The number of aromatic nitrogens is 3. The van der Waals surface area contributed by atoms with E-state index in [0.717, 1.165) is 59.2 Å². The van der Waals surface area contributed by atoms with Crippen LogP contribution in [0.4, 0.5) is 11.6 Å². The van der Waals surface area contributed by atoms with Gasteiger partial charge in [-0.15, -0.1) is 0 Å². The van der Waals surface area contributed by atoms with Gasteiger partial charge in [-0.25, -0.2) is 9.97 Å². The van der Waals surface area contributed by atoms with Crippen LogP contribution < -0.4 is 10.1 Å². The fourth-order valence-corrected chi connectivity index (χ4v) is 4.28. The molecule has 4 rings (SSSR count). The number of hydrogen-bond acceptors (Lipinski definition) is 6. The Morgan fingerprint density at radius 1 is 1.06 bits per heavy atom. The van der Waals surface area contributed by atoms with Crippen LogP contribution in [-0.2, 0) is 11.2 Å². The van der Waals surface area contributed by atoms with Crippen LogP contribution in [0.1, 0.15) is 47.2 Å². The number of methoxy groups -OCH3 is 1. The molecule has 0 saturated carbocycles. The van der Waals surface area contributed by atoms with E-state index in [1.165, 1.54) is 0 Å². The third-order valence-corrected chi connectivity index (χ3v) is 5.62. The summed E-state index contributed by atoms with van der Waals surface area (Å²) in [6, 6.07) is 13.6. The molecule has 1 aliphatic heterocycles. The van der Waals surface area contributed by atoms with Crippen LogP contribution in [0.2, 0.25) is 0 Å². The van der Waals surface area contributed by atoms with Crippen molar-refractivity contribution in [3.8, 4) is 5.75 Å². The van der Waals surface area contributed by atoms with Crippen molar-refractivity contribution in [1.82, 2.24) is 19.9 Å². The number of nitrogens with one attached hydrogen (secondary N) is 1. The van der Waals surface area contributed by atoms with E-state index >= 15 is 0 Å². The molecule has 166 valence electrons. The van der Waals surface area contributed by atoms with Crippen molar-refractivity contribution in [2.24, 2.45) is 0 Å². The molecule has 1 aliphatic rings. The largest absolute Gasteiger partial charge is 0.497 e. The number of likely N-dealkylation sites (tertiary alicyclic amines) is 1. The summed E-state index contributed by atoms with van der Waals surface area (Å²) in [4.78, 5) is 28.8. The second kappa shape index (κ2) is 9.34. The summed E-state index contributed by atoms with van der Waals surface area (Å²) in [5.41, 5.74) is 5.44. The summed E-state index contributed by atoms with van der Waals surface area (Å²) < 4.78 is 5.29.